The minimum atomic E-state index is -0.507. The summed E-state index contributed by atoms with van der Waals surface area (Å²) in [6.07, 6.45) is 2.96. The number of hydrogen-bond donors (Lipinski definition) is 2. The Hall–Kier alpha value is -2.65. The van der Waals surface area contributed by atoms with Crippen molar-refractivity contribution in [1.82, 2.24) is 10.4 Å². The molecule has 0 unspecified atom stereocenters. The van der Waals surface area contributed by atoms with E-state index in [1.807, 2.05) is 12.1 Å². The molecule has 0 aromatic heterocycles. The predicted molar refractivity (Wildman–Crippen MR) is 78.4 cm³/mol. The fraction of sp³-hybridized carbons (Fsp3) is 0.312. The number of rotatable bonds is 5. The number of nitrogens with one attached hydrogen (secondary N) is 1. The van der Waals surface area contributed by atoms with Gasteiger partial charge in [-0.25, -0.2) is 5.48 Å². The zero-order chi connectivity index (χ0) is 15.9. The van der Waals surface area contributed by atoms with Crippen LogP contribution in [-0.4, -0.2) is 28.5 Å². The van der Waals surface area contributed by atoms with Crippen LogP contribution in [0.5, 0.6) is 0 Å². The molecule has 6 nitrogen and oxygen atoms in total. The number of hydroxylamine groups is 1. The highest BCUT2D eigenvalue weighted by Gasteiger charge is 2.22. The minimum Gasteiger partial charge on any atom is -0.334 e. The molecule has 2 N–H and O–H groups in total. The molecular formula is C16H17N3O3. The first-order valence-corrected chi connectivity index (χ1v) is 7.04. The number of carbonyl (C=O) groups excluding carboxylic acids is 2. The van der Waals surface area contributed by atoms with E-state index < -0.39 is 5.91 Å². The third-order valence-electron chi connectivity index (χ3n) is 3.53. The Morgan fingerprint density at radius 3 is 3.00 bits per heavy atom. The molecule has 0 fully saturated rings. The Morgan fingerprint density at radius 1 is 1.45 bits per heavy atom. The lowest BCUT2D eigenvalue weighted by atomic mass is 10.0. The van der Waals surface area contributed by atoms with E-state index in [2.05, 4.69) is 6.07 Å². The van der Waals surface area contributed by atoms with Crippen LogP contribution >= 0.6 is 0 Å². The number of hydrogen-bond acceptors (Lipinski definition) is 4. The van der Waals surface area contributed by atoms with E-state index in [9.17, 15) is 9.59 Å². The van der Waals surface area contributed by atoms with Crippen molar-refractivity contribution in [2.24, 2.45) is 0 Å². The second kappa shape index (κ2) is 7.38. The second-order valence-corrected chi connectivity index (χ2v) is 5.09. The molecule has 2 amide bonds. The van der Waals surface area contributed by atoms with E-state index in [0.29, 0.717) is 30.6 Å². The summed E-state index contributed by atoms with van der Waals surface area (Å²) in [5, 5.41) is 17.4. The van der Waals surface area contributed by atoms with Gasteiger partial charge in [-0.05, 0) is 30.5 Å². The van der Waals surface area contributed by atoms with Gasteiger partial charge in [-0.1, -0.05) is 18.2 Å². The molecule has 0 radical (unpaired) electrons. The molecule has 1 aliphatic heterocycles. The van der Waals surface area contributed by atoms with Crippen LogP contribution in [0, 0.1) is 11.3 Å². The van der Waals surface area contributed by atoms with E-state index in [-0.39, 0.29) is 12.3 Å². The van der Waals surface area contributed by atoms with E-state index in [1.54, 1.807) is 28.6 Å². The van der Waals surface area contributed by atoms with Gasteiger partial charge in [0, 0.05) is 25.1 Å². The summed E-state index contributed by atoms with van der Waals surface area (Å²) in [4.78, 5) is 25.2. The lowest BCUT2D eigenvalue weighted by Crippen LogP contribution is -2.35. The normalized spacial score (nSPS) is 14.3. The molecule has 1 aromatic carbocycles. The summed E-state index contributed by atoms with van der Waals surface area (Å²) >= 11 is 0. The van der Waals surface area contributed by atoms with E-state index in [4.69, 9.17) is 10.5 Å². The first-order valence-electron chi connectivity index (χ1n) is 7.04. The van der Waals surface area contributed by atoms with Gasteiger partial charge >= 0.3 is 0 Å². The highest BCUT2D eigenvalue weighted by atomic mass is 16.5. The third-order valence-corrected chi connectivity index (χ3v) is 3.53. The molecule has 1 heterocycles. The van der Waals surface area contributed by atoms with Crippen molar-refractivity contribution in [1.29, 1.82) is 5.26 Å². The van der Waals surface area contributed by atoms with Crippen LogP contribution < -0.4 is 5.48 Å². The van der Waals surface area contributed by atoms with Crippen LogP contribution in [0.4, 0.5) is 0 Å². The smallest absolute Gasteiger partial charge is 0.249 e. The Balaban J connectivity index is 2.01. The maximum atomic E-state index is 12.4. The molecule has 1 aliphatic rings. The Morgan fingerprint density at radius 2 is 2.27 bits per heavy atom. The third kappa shape index (κ3) is 3.93. The van der Waals surface area contributed by atoms with Gasteiger partial charge in [0.25, 0.3) is 0 Å². The van der Waals surface area contributed by atoms with Crippen molar-refractivity contribution in [3.8, 4) is 6.07 Å². The first kappa shape index (κ1) is 15.7. The fourth-order valence-corrected chi connectivity index (χ4v) is 2.41. The average Bonchev–Trinajstić information content (AvgIpc) is 2.55. The molecule has 2 rings (SSSR count). The molecule has 114 valence electrons. The van der Waals surface area contributed by atoms with E-state index in [1.165, 1.54) is 0 Å². The quantitative estimate of drug-likeness (QED) is 0.636. The molecule has 0 saturated carbocycles. The molecule has 6 heteroatoms. The standard InChI is InChI=1S/C16H17N3O3/c17-10-12-3-1-4-13(9-12)11-19-8-2-5-14(16(19)21)6-7-15(20)18-22/h1,3-5,9,22H,2,6-8,11H2,(H,18,20). The molecule has 0 spiro atoms. The van der Waals surface area contributed by atoms with Crippen molar-refractivity contribution in [2.75, 3.05) is 6.54 Å². The zero-order valence-corrected chi connectivity index (χ0v) is 12.1. The number of nitriles is 1. The van der Waals surface area contributed by atoms with E-state index >= 15 is 0 Å². The average molecular weight is 299 g/mol. The number of carbonyl (C=O) groups is 2. The SMILES string of the molecule is N#Cc1cccc(CN2CCC=C(CCC(=O)NO)C2=O)c1. The van der Waals surface area contributed by atoms with Crippen LogP contribution in [-0.2, 0) is 16.1 Å². The first-order chi connectivity index (χ1) is 10.6. The zero-order valence-electron chi connectivity index (χ0n) is 12.1. The van der Waals surface area contributed by atoms with Gasteiger partial charge in [0.1, 0.15) is 0 Å². The van der Waals surface area contributed by atoms with Gasteiger partial charge in [-0.3, -0.25) is 14.8 Å². The van der Waals surface area contributed by atoms with Gasteiger partial charge in [-0.15, -0.1) is 0 Å². The van der Waals surface area contributed by atoms with Crippen LogP contribution in [0.2, 0.25) is 0 Å². The number of benzene rings is 1. The second-order valence-electron chi connectivity index (χ2n) is 5.09. The summed E-state index contributed by atoms with van der Waals surface area (Å²) in [7, 11) is 0. The van der Waals surface area contributed by atoms with Crippen LogP contribution in [0.25, 0.3) is 0 Å². The van der Waals surface area contributed by atoms with Crippen molar-refractivity contribution in [2.45, 2.75) is 25.8 Å². The minimum absolute atomic E-state index is 0.0752. The molecule has 0 atom stereocenters. The molecule has 1 aromatic rings. The molecule has 22 heavy (non-hydrogen) atoms. The lowest BCUT2D eigenvalue weighted by molar-refractivity contribution is -0.129. The summed E-state index contributed by atoms with van der Waals surface area (Å²) in [6.45, 7) is 1.06. The molecule has 0 saturated heterocycles. The Kier molecular flexibility index (Phi) is 5.28. The summed E-state index contributed by atoms with van der Waals surface area (Å²) < 4.78 is 0. The summed E-state index contributed by atoms with van der Waals surface area (Å²) in [6, 6.07) is 9.25. The lowest BCUT2D eigenvalue weighted by Gasteiger charge is -2.27. The number of nitrogens with zero attached hydrogens (tertiary/aromatic N) is 2. The van der Waals surface area contributed by atoms with Gasteiger partial charge < -0.3 is 4.90 Å². The number of amides is 2. The van der Waals surface area contributed by atoms with Gasteiger partial charge in [0.05, 0.1) is 11.6 Å². The molecule has 0 bridgehead atoms. The Labute approximate surface area is 128 Å². The topological polar surface area (TPSA) is 93.4 Å². The van der Waals surface area contributed by atoms with Gasteiger partial charge in [0.15, 0.2) is 0 Å². The van der Waals surface area contributed by atoms with Crippen LogP contribution in [0.3, 0.4) is 0 Å². The van der Waals surface area contributed by atoms with Crippen molar-refractivity contribution >= 4 is 11.8 Å². The van der Waals surface area contributed by atoms with Gasteiger partial charge in [-0.2, -0.15) is 5.26 Å². The summed E-state index contributed by atoms with van der Waals surface area (Å²) in [5.74, 6) is -0.605. The van der Waals surface area contributed by atoms with E-state index in [0.717, 1.165) is 12.0 Å². The fourth-order valence-electron chi connectivity index (χ4n) is 2.41. The Bertz CT molecular complexity index is 646. The van der Waals surface area contributed by atoms with Crippen LogP contribution in [0.15, 0.2) is 35.9 Å². The highest BCUT2D eigenvalue weighted by molar-refractivity contribution is 5.94. The van der Waals surface area contributed by atoms with Crippen molar-refractivity contribution in [3.63, 3.8) is 0 Å². The monoisotopic (exact) mass is 299 g/mol. The maximum absolute atomic E-state index is 12.4. The van der Waals surface area contributed by atoms with Gasteiger partial charge in [0.2, 0.25) is 11.8 Å². The largest absolute Gasteiger partial charge is 0.334 e. The van der Waals surface area contributed by atoms with Crippen molar-refractivity contribution < 1.29 is 14.8 Å². The molecular weight excluding hydrogens is 282 g/mol. The summed E-state index contributed by atoms with van der Waals surface area (Å²) in [5.41, 5.74) is 3.62. The molecule has 0 aliphatic carbocycles. The van der Waals surface area contributed by atoms with Crippen LogP contribution in [0.1, 0.15) is 30.4 Å². The highest BCUT2D eigenvalue weighted by Crippen LogP contribution is 2.19. The predicted octanol–water partition coefficient (Wildman–Crippen LogP) is 1.50. The van der Waals surface area contributed by atoms with Crippen molar-refractivity contribution in [3.05, 3.63) is 47.0 Å². The maximum Gasteiger partial charge on any atom is 0.249 e.